The van der Waals surface area contributed by atoms with Crippen molar-refractivity contribution in [2.75, 3.05) is 5.43 Å². The molecule has 0 aliphatic carbocycles. The summed E-state index contributed by atoms with van der Waals surface area (Å²) >= 11 is 4.97. The molecule has 0 amide bonds. The van der Waals surface area contributed by atoms with Gasteiger partial charge in [0.05, 0.1) is 11.9 Å². The van der Waals surface area contributed by atoms with E-state index in [-0.39, 0.29) is 0 Å². The number of benzene rings is 2. The first-order valence-electron chi connectivity index (χ1n) is 6.37. The van der Waals surface area contributed by atoms with E-state index in [0.29, 0.717) is 0 Å². The number of nitrogens with zero attached hydrogens (tertiary/aromatic N) is 2. The minimum Gasteiger partial charge on any atom is -0.253 e. The van der Waals surface area contributed by atoms with E-state index in [4.69, 9.17) is 0 Å². The molecule has 1 heterocycles. The second-order valence-electron chi connectivity index (χ2n) is 4.33. The molecular weight excluding hydrogens is 346 g/mol. The van der Waals surface area contributed by atoms with Crippen LogP contribution >= 0.6 is 27.3 Å². The smallest absolute Gasteiger partial charge is 0.203 e. The number of hydrogen-bond donors (Lipinski definition) is 1. The van der Waals surface area contributed by atoms with E-state index in [9.17, 15) is 0 Å². The molecule has 2 aromatic carbocycles. The lowest BCUT2D eigenvalue weighted by Crippen LogP contribution is -1.89. The molecule has 104 valence electrons. The molecule has 21 heavy (non-hydrogen) atoms. The summed E-state index contributed by atoms with van der Waals surface area (Å²) in [5.41, 5.74) is 6.05. The molecule has 0 bridgehead atoms. The summed E-state index contributed by atoms with van der Waals surface area (Å²) in [6, 6.07) is 18.0. The van der Waals surface area contributed by atoms with Crippen molar-refractivity contribution in [2.24, 2.45) is 5.10 Å². The van der Waals surface area contributed by atoms with Crippen LogP contribution < -0.4 is 5.43 Å². The van der Waals surface area contributed by atoms with Crippen LogP contribution in [-0.4, -0.2) is 11.2 Å². The molecule has 0 saturated heterocycles. The largest absolute Gasteiger partial charge is 0.253 e. The summed E-state index contributed by atoms with van der Waals surface area (Å²) in [6.07, 6.45) is 1.78. The number of aromatic nitrogens is 1. The topological polar surface area (TPSA) is 37.3 Å². The summed E-state index contributed by atoms with van der Waals surface area (Å²) in [4.78, 5) is 4.52. The fourth-order valence-electron chi connectivity index (χ4n) is 1.78. The molecule has 0 atom stereocenters. The molecular formula is C16H12BrN3S. The number of anilines is 1. The van der Waals surface area contributed by atoms with Gasteiger partial charge in [-0.25, -0.2) is 4.98 Å². The van der Waals surface area contributed by atoms with Gasteiger partial charge in [-0.2, -0.15) is 5.10 Å². The number of hydrogen-bond acceptors (Lipinski definition) is 4. The highest BCUT2D eigenvalue weighted by molar-refractivity contribution is 9.10. The van der Waals surface area contributed by atoms with E-state index in [1.165, 1.54) is 11.3 Å². The van der Waals surface area contributed by atoms with E-state index in [1.807, 2.05) is 60.0 Å². The highest BCUT2D eigenvalue weighted by Crippen LogP contribution is 2.25. The fraction of sp³-hybridized carbons (Fsp3) is 0. The Labute approximate surface area is 135 Å². The zero-order valence-electron chi connectivity index (χ0n) is 11.0. The van der Waals surface area contributed by atoms with Crippen LogP contribution in [0.3, 0.4) is 0 Å². The number of halogens is 1. The Bertz CT molecular complexity index is 736. The van der Waals surface area contributed by atoms with Gasteiger partial charge in [0.1, 0.15) is 0 Å². The van der Waals surface area contributed by atoms with Crippen LogP contribution in [0.25, 0.3) is 11.3 Å². The number of rotatable bonds is 4. The molecule has 3 rings (SSSR count). The minimum absolute atomic E-state index is 0.778. The van der Waals surface area contributed by atoms with Gasteiger partial charge in [-0.1, -0.05) is 58.4 Å². The van der Waals surface area contributed by atoms with E-state index in [2.05, 4.69) is 31.4 Å². The Balaban J connectivity index is 1.68. The maximum absolute atomic E-state index is 4.52. The Hall–Kier alpha value is -1.98. The normalized spacial score (nSPS) is 10.9. The zero-order chi connectivity index (χ0) is 14.5. The Morgan fingerprint density at radius 2 is 1.81 bits per heavy atom. The third-order valence-electron chi connectivity index (χ3n) is 2.82. The van der Waals surface area contributed by atoms with Gasteiger partial charge in [-0.15, -0.1) is 11.3 Å². The molecule has 0 spiro atoms. The highest BCUT2D eigenvalue weighted by atomic mass is 79.9. The molecule has 3 nitrogen and oxygen atoms in total. The predicted octanol–water partition coefficient (Wildman–Crippen LogP) is 5.02. The van der Waals surface area contributed by atoms with E-state index >= 15 is 0 Å². The maximum Gasteiger partial charge on any atom is 0.203 e. The van der Waals surface area contributed by atoms with Gasteiger partial charge in [0.25, 0.3) is 0 Å². The SMILES string of the molecule is Brc1ccc(-c2csc(N/N=C\c3ccccc3)n2)cc1. The van der Waals surface area contributed by atoms with Crippen LogP contribution in [0.4, 0.5) is 5.13 Å². The second-order valence-corrected chi connectivity index (χ2v) is 6.10. The summed E-state index contributed by atoms with van der Waals surface area (Å²) in [7, 11) is 0. The average Bonchev–Trinajstić information content (AvgIpc) is 2.98. The third kappa shape index (κ3) is 3.77. The molecule has 0 radical (unpaired) electrons. The van der Waals surface area contributed by atoms with Gasteiger partial charge in [0.15, 0.2) is 0 Å². The molecule has 0 fully saturated rings. The average molecular weight is 358 g/mol. The van der Waals surface area contributed by atoms with Gasteiger partial charge in [0, 0.05) is 15.4 Å². The molecule has 0 unspecified atom stereocenters. The molecule has 0 saturated carbocycles. The van der Waals surface area contributed by atoms with Gasteiger partial charge < -0.3 is 0 Å². The summed E-state index contributed by atoms with van der Waals surface area (Å²) in [5, 5.41) is 6.99. The first-order valence-corrected chi connectivity index (χ1v) is 8.04. The Kier molecular flexibility index (Phi) is 4.43. The number of nitrogens with one attached hydrogen (secondary N) is 1. The molecule has 5 heteroatoms. The van der Waals surface area contributed by atoms with Crippen molar-refractivity contribution < 1.29 is 0 Å². The van der Waals surface area contributed by atoms with E-state index in [0.717, 1.165) is 26.4 Å². The summed E-state index contributed by atoms with van der Waals surface area (Å²) < 4.78 is 1.06. The molecule has 1 aromatic heterocycles. The number of hydrazone groups is 1. The van der Waals surface area contributed by atoms with E-state index in [1.54, 1.807) is 6.21 Å². The van der Waals surface area contributed by atoms with Crippen molar-refractivity contribution in [2.45, 2.75) is 0 Å². The standard InChI is InChI=1S/C16H12BrN3S/c17-14-8-6-13(7-9-14)15-11-21-16(19-15)20-18-10-12-4-2-1-3-5-12/h1-11H,(H,19,20)/b18-10-. The lowest BCUT2D eigenvalue weighted by atomic mass is 10.2. The van der Waals surface area contributed by atoms with Crippen molar-refractivity contribution in [3.05, 3.63) is 70.0 Å². The zero-order valence-corrected chi connectivity index (χ0v) is 13.4. The maximum atomic E-state index is 4.52. The molecule has 0 aliphatic heterocycles. The van der Waals surface area contributed by atoms with Gasteiger partial charge >= 0.3 is 0 Å². The first-order chi connectivity index (χ1) is 10.3. The van der Waals surface area contributed by atoms with Gasteiger partial charge in [0.2, 0.25) is 5.13 Å². The quantitative estimate of drug-likeness (QED) is 0.525. The van der Waals surface area contributed by atoms with Crippen molar-refractivity contribution in [1.29, 1.82) is 0 Å². The van der Waals surface area contributed by atoms with Crippen molar-refractivity contribution in [1.82, 2.24) is 4.98 Å². The van der Waals surface area contributed by atoms with Crippen LogP contribution in [-0.2, 0) is 0 Å². The second kappa shape index (κ2) is 6.65. The van der Waals surface area contributed by atoms with E-state index < -0.39 is 0 Å². The summed E-state index contributed by atoms with van der Waals surface area (Å²) in [5.74, 6) is 0. The van der Waals surface area contributed by atoms with Crippen LogP contribution in [0.5, 0.6) is 0 Å². The van der Waals surface area contributed by atoms with Crippen LogP contribution in [0.2, 0.25) is 0 Å². The van der Waals surface area contributed by atoms with Crippen LogP contribution in [0, 0.1) is 0 Å². The third-order valence-corrected chi connectivity index (χ3v) is 4.09. The van der Waals surface area contributed by atoms with Crippen LogP contribution in [0.1, 0.15) is 5.56 Å². The fourth-order valence-corrected chi connectivity index (χ4v) is 2.71. The Morgan fingerprint density at radius 3 is 2.57 bits per heavy atom. The highest BCUT2D eigenvalue weighted by Gasteiger charge is 2.03. The molecule has 0 aliphatic rings. The Morgan fingerprint density at radius 1 is 1.05 bits per heavy atom. The number of thiazole rings is 1. The van der Waals surface area contributed by atoms with Crippen LogP contribution in [0.15, 0.2) is 69.6 Å². The lowest BCUT2D eigenvalue weighted by Gasteiger charge is -1.96. The van der Waals surface area contributed by atoms with Gasteiger partial charge in [-0.3, -0.25) is 5.43 Å². The minimum atomic E-state index is 0.778. The monoisotopic (exact) mass is 357 g/mol. The van der Waals surface area contributed by atoms with Crippen molar-refractivity contribution in [3.63, 3.8) is 0 Å². The summed E-state index contributed by atoms with van der Waals surface area (Å²) in [6.45, 7) is 0. The molecule has 1 N–H and O–H groups in total. The molecule has 3 aromatic rings. The van der Waals surface area contributed by atoms with Gasteiger partial charge in [-0.05, 0) is 17.7 Å². The van der Waals surface area contributed by atoms with Crippen molar-refractivity contribution in [3.8, 4) is 11.3 Å². The lowest BCUT2D eigenvalue weighted by molar-refractivity contribution is 1.29. The predicted molar refractivity (Wildman–Crippen MR) is 92.9 cm³/mol. The first kappa shape index (κ1) is 14.0. The van der Waals surface area contributed by atoms with Crippen molar-refractivity contribution >= 4 is 38.6 Å².